The third-order valence-electron chi connectivity index (χ3n) is 6.33. The first-order valence-electron chi connectivity index (χ1n) is 11.7. The topological polar surface area (TPSA) is 66.6 Å². The Bertz CT molecular complexity index is 1250. The van der Waals surface area contributed by atoms with Crippen molar-refractivity contribution in [2.45, 2.75) is 19.6 Å². The fourth-order valence-corrected chi connectivity index (χ4v) is 4.28. The predicted octanol–water partition coefficient (Wildman–Crippen LogP) is 5.39. The highest BCUT2D eigenvalue weighted by Crippen LogP contribution is 2.25. The molecule has 0 radical (unpaired) electrons. The van der Waals surface area contributed by atoms with Gasteiger partial charge in [0, 0.05) is 35.7 Å². The van der Waals surface area contributed by atoms with Crippen molar-refractivity contribution in [2.24, 2.45) is 0 Å². The van der Waals surface area contributed by atoms with E-state index in [2.05, 4.69) is 34.3 Å². The van der Waals surface area contributed by atoms with Gasteiger partial charge in [0.05, 0.1) is 13.2 Å². The molecule has 2 heterocycles. The Morgan fingerprint density at radius 3 is 2.56 bits per heavy atom. The molecule has 4 aromatic rings. The number of benzene rings is 3. The molecule has 1 aliphatic rings. The Balaban J connectivity index is 1.22. The van der Waals surface area contributed by atoms with Gasteiger partial charge in [0.15, 0.2) is 0 Å². The van der Waals surface area contributed by atoms with Crippen molar-refractivity contribution >= 4 is 22.5 Å². The minimum absolute atomic E-state index is 0.170. The van der Waals surface area contributed by atoms with Crippen LogP contribution in [0.1, 0.15) is 34.6 Å². The maximum atomic E-state index is 12.8. The molecule has 0 bridgehead atoms. The van der Waals surface area contributed by atoms with Crippen LogP contribution in [0.2, 0.25) is 0 Å². The van der Waals surface area contributed by atoms with Crippen molar-refractivity contribution in [3.63, 3.8) is 0 Å². The van der Waals surface area contributed by atoms with E-state index in [-0.39, 0.29) is 5.91 Å². The summed E-state index contributed by atoms with van der Waals surface area (Å²) in [6.45, 7) is 6.16. The number of fused-ring (bicyclic) bond motifs is 1. The van der Waals surface area contributed by atoms with E-state index in [1.165, 1.54) is 5.56 Å². The number of carbonyl (C=O) groups excluding carboxylic acids is 1. The van der Waals surface area contributed by atoms with Crippen LogP contribution in [0.25, 0.3) is 10.9 Å². The highest BCUT2D eigenvalue weighted by molar-refractivity contribution is 6.06. The summed E-state index contributed by atoms with van der Waals surface area (Å²) in [4.78, 5) is 18.5. The van der Waals surface area contributed by atoms with Crippen LogP contribution < -0.4 is 10.1 Å². The number of anilines is 1. The third kappa shape index (κ3) is 5.14. The van der Waals surface area contributed by atoms with Gasteiger partial charge in [-0.2, -0.15) is 0 Å². The number of hydrogen-bond acceptors (Lipinski definition) is 4. The smallest absolute Gasteiger partial charge is 0.272 e. The molecule has 174 valence electrons. The van der Waals surface area contributed by atoms with Crippen LogP contribution in [0.4, 0.5) is 5.69 Å². The molecule has 0 saturated carbocycles. The first kappa shape index (κ1) is 22.2. The Labute approximate surface area is 199 Å². The highest BCUT2D eigenvalue weighted by Gasteiger charge is 2.18. The SMILES string of the molecule is CC(c1ccc(NC(=O)c2cc3cc(OCc4ccccc4)ccc3[nH]2)cc1)N1CCOCC1. The Morgan fingerprint density at radius 1 is 1.03 bits per heavy atom. The summed E-state index contributed by atoms with van der Waals surface area (Å²) in [6, 6.07) is 26.1. The summed E-state index contributed by atoms with van der Waals surface area (Å²) in [5, 5.41) is 3.93. The Morgan fingerprint density at radius 2 is 1.79 bits per heavy atom. The zero-order valence-electron chi connectivity index (χ0n) is 19.3. The van der Waals surface area contributed by atoms with Crippen LogP contribution in [-0.4, -0.2) is 42.1 Å². The summed E-state index contributed by atoms with van der Waals surface area (Å²) in [5.41, 5.74) is 4.52. The van der Waals surface area contributed by atoms with Crippen molar-refractivity contribution in [3.8, 4) is 5.75 Å². The lowest BCUT2D eigenvalue weighted by Crippen LogP contribution is -2.37. The van der Waals surface area contributed by atoms with Crippen LogP contribution in [0.3, 0.4) is 0 Å². The maximum absolute atomic E-state index is 12.8. The molecule has 2 N–H and O–H groups in total. The summed E-state index contributed by atoms with van der Waals surface area (Å²) >= 11 is 0. The van der Waals surface area contributed by atoms with Crippen molar-refractivity contribution in [1.82, 2.24) is 9.88 Å². The second kappa shape index (κ2) is 10.1. The third-order valence-corrected chi connectivity index (χ3v) is 6.33. The van der Waals surface area contributed by atoms with E-state index in [4.69, 9.17) is 9.47 Å². The van der Waals surface area contributed by atoms with Gasteiger partial charge >= 0.3 is 0 Å². The molecular formula is C28H29N3O3. The van der Waals surface area contributed by atoms with E-state index in [0.29, 0.717) is 18.3 Å². The molecule has 1 aliphatic heterocycles. The first-order chi connectivity index (χ1) is 16.7. The molecule has 1 atom stereocenters. The lowest BCUT2D eigenvalue weighted by atomic mass is 10.1. The molecule has 0 spiro atoms. The average Bonchev–Trinajstić information content (AvgIpc) is 3.32. The Hall–Kier alpha value is -3.61. The van der Waals surface area contributed by atoms with Gasteiger partial charge in [0.25, 0.3) is 5.91 Å². The monoisotopic (exact) mass is 455 g/mol. The van der Waals surface area contributed by atoms with Crippen molar-refractivity contribution in [3.05, 3.63) is 95.7 Å². The second-order valence-electron chi connectivity index (χ2n) is 8.61. The number of nitrogens with one attached hydrogen (secondary N) is 2. The number of aromatic nitrogens is 1. The van der Waals surface area contributed by atoms with Crippen LogP contribution in [0, 0.1) is 0 Å². The minimum atomic E-state index is -0.170. The summed E-state index contributed by atoms with van der Waals surface area (Å²) < 4.78 is 11.4. The zero-order valence-corrected chi connectivity index (χ0v) is 19.3. The fourth-order valence-electron chi connectivity index (χ4n) is 4.28. The standard InChI is InChI=1S/C28H29N3O3/c1-20(31-13-15-33-16-14-31)22-7-9-24(10-8-22)29-28(32)27-18-23-17-25(11-12-26(23)30-27)34-19-21-5-3-2-4-6-21/h2-12,17-18,20,30H,13-16,19H2,1H3,(H,29,32). The molecule has 6 heteroatoms. The number of nitrogens with zero attached hydrogens (tertiary/aromatic N) is 1. The summed E-state index contributed by atoms with van der Waals surface area (Å²) in [5.74, 6) is 0.601. The zero-order chi connectivity index (χ0) is 23.3. The lowest BCUT2D eigenvalue weighted by molar-refractivity contribution is 0.0198. The molecule has 6 nitrogen and oxygen atoms in total. The van der Waals surface area contributed by atoms with Crippen molar-refractivity contribution in [2.75, 3.05) is 31.6 Å². The number of aromatic amines is 1. The minimum Gasteiger partial charge on any atom is -0.489 e. The van der Waals surface area contributed by atoms with Crippen LogP contribution >= 0.6 is 0 Å². The van der Waals surface area contributed by atoms with Gasteiger partial charge < -0.3 is 19.8 Å². The predicted molar refractivity (Wildman–Crippen MR) is 134 cm³/mol. The lowest BCUT2D eigenvalue weighted by Gasteiger charge is -2.32. The number of ether oxygens (including phenoxy) is 2. The van der Waals surface area contributed by atoms with E-state index >= 15 is 0 Å². The summed E-state index contributed by atoms with van der Waals surface area (Å²) in [6.07, 6.45) is 0. The average molecular weight is 456 g/mol. The Kier molecular flexibility index (Phi) is 6.60. The van der Waals surface area contributed by atoms with Gasteiger partial charge in [-0.05, 0) is 54.4 Å². The normalized spacial score (nSPS) is 15.2. The largest absolute Gasteiger partial charge is 0.489 e. The van der Waals surface area contributed by atoms with Gasteiger partial charge in [-0.1, -0.05) is 42.5 Å². The summed E-state index contributed by atoms with van der Waals surface area (Å²) in [7, 11) is 0. The van der Waals surface area contributed by atoms with Gasteiger partial charge in [0.1, 0.15) is 18.1 Å². The molecule has 1 fully saturated rings. The fraction of sp³-hybridized carbons (Fsp3) is 0.250. The first-order valence-corrected chi connectivity index (χ1v) is 11.7. The number of rotatable bonds is 7. The molecule has 1 amide bonds. The van der Waals surface area contributed by atoms with E-state index in [0.717, 1.165) is 54.2 Å². The van der Waals surface area contributed by atoms with E-state index in [1.807, 2.05) is 66.7 Å². The quantitative estimate of drug-likeness (QED) is 0.392. The molecule has 5 rings (SSSR count). The number of hydrogen-bond donors (Lipinski definition) is 2. The number of morpholine rings is 1. The van der Waals surface area contributed by atoms with E-state index in [9.17, 15) is 4.79 Å². The van der Waals surface area contributed by atoms with Gasteiger partial charge in [-0.15, -0.1) is 0 Å². The molecule has 3 aromatic carbocycles. The van der Waals surface area contributed by atoms with Crippen molar-refractivity contribution < 1.29 is 14.3 Å². The van der Waals surface area contributed by atoms with Crippen LogP contribution in [-0.2, 0) is 11.3 Å². The van der Waals surface area contributed by atoms with Crippen LogP contribution in [0.5, 0.6) is 5.75 Å². The second-order valence-corrected chi connectivity index (χ2v) is 8.61. The molecule has 1 saturated heterocycles. The number of H-pyrrole nitrogens is 1. The van der Waals surface area contributed by atoms with Gasteiger partial charge in [-0.3, -0.25) is 9.69 Å². The number of carbonyl (C=O) groups is 1. The molecule has 1 aromatic heterocycles. The highest BCUT2D eigenvalue weighted by atomic mass is 16.5. The molecule has 1 unspecified atom stereocenters. The van der Waals surface area contributed by atoms with Gasteiger partial charge in [0.2, 0.25) is 0 Å². The molecular weight excluding hydrogens is 426 g/mol. The molecule has 0 aliphatic carbocycles. The molecule has 34 heavy (non-hydrogen) atoms. The van der Waals surface area contributed by atoms with Crippen LogP contribution in [0.15, 0.2) is 78.9 Å². The van der Waals surface area contributed by atoms with Crippen molar-refractivity contribution in [1.29, 1.82) is 0 Å². The number of amides is 1. The van der Waals surface area contributed by atoms with Gasteiger partial charge in [-0.25, -0.2) is 0 Å². The maximum Gasteiger partial charge on any atom is 0.272 e. The van der Waals surface area contributed by atoms with E-state index in [1.54, 1.807) is 0 Å². The van der Waals surface area contributed by atoms with E-state index < -0.39 is 0 Å².